The maximum Gasteiger partial charge on any atom is 0.292 e. The summed E-state index contributed by atoms with van der Waals surface area (Å²) in [5.74, 6) is -0.0208. The Labute approximate surface area is 105 Å². The third-order valence-corrected chi connectivity index (χ3v) is 3.19. The normalized spacial score (nSPS) is 19.1. The first kappa shape index (κ1) is 12.3. The van der Waals surface area contributed by atoms with Crippen molar-refractivity contribution >= 4 is 17.3 Å². The van der Waals surface area contributed by atoms with Gasteiger partial charge in [0.15, 0.2) is 0 Å². The van der Waals surface area contributed by atoms with Gasteiger partial charge in [-0.2, -0.15) is 0 Å². The maximum absolute atomic E-state index is 11.8. The Morgan fingerprint density at radius 3 is 2.78 bits per heavy atom. The molecule has 6 heteroatoms. The van der Waals surface area contributed by atoms with E-state index in [-0.39, 0.29) is 17.6 Å². The Bertz CT molecular complexity index is 501. The predicted molar refractivity (Wildman–Crippen MR) is 67.5 cm³/mol. The Kier molecular flexibility index (Phi) is 3.18. The molecule has 1 unspecified atom stereocenters. The van der Waals surface area contributed by atoms with Crippen molar-refractivity contribution < 1.29 is 9.72 Å². The highest BCUT2D eigenvalue weighted by atomic mass is 16.6. The van der Waals surface area contributed by atoms with E-state index in [4.69, 9.17) is 0 Å². The molecule has 18 heavy (non-hydrogen) atoms. The highest BCUT2D eigenvalue weighted by Crippen LogP contribution is 2.29. The van der Waals surface area contributed by atoms with Crippen LogP contribution in [-0.4, -0.2) is 35.4 Å². The number of likely N-dealkylation sites (N-methyl/N-ethyl adjacent to an activating group) is 1. The summed E-state index contributed by atoms with van der Waals surface area (Å²) in [4.78, 5) is 24.0. The van der Waals surface area contributed by atoms with Gasteiger partial charge in [0, 0.05) is 19.7 Å². The maximum atomic E-state index is 11.8. The van der Waals surface area contributed by atoms with E-state index < -0.39 is 4.92 Å². The van der Waals surface area contributed by atoms with Crippen LogP contribution in [0.4, 0.5) is 11.4 Å². The Morgan fingerprint density at radius 2 is 2.22 bits per heavy atom. The molecule has 1 amide bonds. The number of likely N-dealkylation sites (tertiary alicyclic amines) is 1. The summed E-state index contributed by atoms with van der Waals surface area (Å²) in [6.45, 7) is 2.47. The molecule has 2 rings (SSSR count). The lowest BCUT2D eigenvalue weighted by Crippen LogP contribution is -2.31. The predicted octanol–water partition coefficient (Wildman–Crippen LogP) is 1.55. The van der Waals surface area contributed by atoms with E-state index in [2.05, 4.69) is 5.32 Å². The number of amides is 1. The van der Waals surface area contributed by atoms with Crippen LogP contribution in [0.15, 0.2) is 18.2 Å². The monoisotopic (exact) mass is 249 g/mol. The third kappa shape index (κ3) is 2.13. The molecule has 1 fully saturated rings. The van der Waals surface area contributed by atoms with Crippen molar-refractivity contribution in [2.45, 2.75) is 19.4 Å². The summed E-state index contributed by atoms with van der Waals surface area (Å²) in [5, 5.41) is 14.0. The first-order chi connectivity index (χ1) is 8.50. The smallest absolute Gasteiger partial charge is 0.292 e. The summed E-state index contributed by atoms with van der Waals surface area (Å²) < 4.78 is 0. The van der Waals surface area contributed by atoms with E-state index in [9.17, 15) is 14.9 Å². The summed E-state index contributed by atoms with van der Waals surface area (Å²) in [5.41, 5.74) is 1.22. The number of aryl methyl sites for hydroxylation is 1. The van der Waals surface area contributed by atoms with Crippen LogP contribution in [-0.2, 0) is 4.79 Å². The van der Waals surface area contributed by atoms with Gasteiger partial charge in [0.05, 0.1) is 4.92 Å². The van der Waals surface area contributed by atoms with Crippen LogP contribution in [0.5, 0.6) is 0 Å². The molecule has 1 N–H and O–H groups in total. The molecule has 0 aromatic heterocycles. The van der Waals surface area contributed by atoms with Crippen molar-refractivity contribution in [1.29, 1.82) is 0 Å². The van der Waals surface area contributed by atoms with E-state index in [0.717, 1.165) is 5.56 Å². The highest BCUT2D eigenvalue weighted by molar-refractivity contribution is 5.87. The molecule has 1 saturated heterocycles. The Balaban J connectivity index is 2.29. The van der Waals surface area contributed by atoms with Gasteiger partial charge in [-0.25, -0.2) is 0 Å². The molecule has 1 atom stereocenters. The Hall–Kier alpha value is -2.11. The molecule has 1 aromatic carbocycles. The molecule has 6 nitrogen and oxygen atoms in total. The average molecular weight is 249 g/mol. The molecule has 1 heterocycles. The van der Waals surface area contributed by atoms with Crippen LogP contribution in [0.25, 0.3) is 0 Å². The SMILES string of the molecule is Cc1cccc([N+](=O)[O-])c1NC1CCN(C)C1=O. The summed E-state index contributed by atoms with van der Waals surface area (Å²) >= 11 is 0. The van der Waals surface area contributed by atoms with Gasteiger partial charge in [-0.15, -0.1) is 0 Å². The van der Waals surface area contributed by atoms with Crippen molar-refractivity contribution in [2.24, 2.45) is 0 Å². The number of nitrogens with zero attached hydrogens (tertiary/aromatic N) is 2. The second-order valence-corrected chi connectivity index (χ2v) is 4.47. The standard InChI is InChI=1S/C12H15N3O3/c1-8-4-3-5-10(15(17)18)11(8)13-9-6-7-14(2)12(9)16/h3-5,9,13H,6-7H2,1-2H3. The number of nitro benzene ring substituents is 1. The van der Waals surface area contributed by atoms with Crippen molar-refractivity contribution in [3.63, 3.8) is 0 Å². The lowest BCUT2D eigenvalue weighted by atomic mass is 10.1. The van der Waals surface area contributed by atoms with E-state index >= 15 is 0 Å². The lowest BCUT2D eigenvalue weighted by molar-refractivity contribution is -0.384. The van der Waals surface area contributed by atoms with Crippen LogP contribution >= 0.6 is 0 Å². The van der Waals surface area contributed by atoms with Crippen LogP contribution in [0.1, 0.15) is 12.0 Å². The van der Waals surface area contributed by atoms with Gasteiger partial charge in [0.1, 0.15) is 11.7 Å². The number of rotatable bonds is 3. The number of hydrogen-bond donors (Lipinski definition) is 1. The number of carbonyl (C=O) groups is 1. The van der Waals surface area contributed by atoms with Gasteiger partial charge in [0.25, 0.3) is 5.69 Å². The molecule has 96 valence electrons. The van der Waals surface area contributed by atoms with Gasteiger partial charge < -0.3 is 10.2 Å². The first-order valence-corrected chi connectivity index (χ1v) is 5.76. The zero-order valence-electron chi connectivity index (χ0n) is 10.3. The van der Waals surface area contributed by atoms with Gasteiger partial charge in [-0.3, -0.25) is 14.9 Å². The molecule has 0 bridgehead atoms. The molecule has 0 aliphatic carbocycles. The number of para-hydroxylation sites is 1. The highest BCUT2D eigenvalue weighted by Gasteiger charge is 2.30. The fraction of sp³-hybridized carbons (Fsp3) is 0.417. The average Bonchev–Trinajstić information content (AvgIpc) is 2.63. The largest absolute Gasteiger partial charge is 0.368 e. The summed E-state index contributed by atoms with van der Waals surface area (Å²) in [7, 11) is 1.73. The molecule has 0 saturated carbocycles. The van der Waals surface area contributed by atoms with Gasteiger partial charge >= 0.3 is 0 Å². The van der Waals surface area contributed by atoms with E-state index in [1.54, 1.807) is 31.0 Å². The van der Waals surface area contributed by atoms with E-state index in [0.29, 0.717) is 18.7 Å². The second kappa shape index (κ2) is 4.64. The van der Waals surface area contributed by atoms with Crippen molar-refractivity contribution in [1.82, 2.24) is 4.90 Å². The lowest BCUT2D eigenvalue weighted by Gasteiger charge is -2.15. The summed E-state index contributed by atoms with van der Waals surface area (Å²) in [6, 6.07) is 4.51. The molecule has 0 spiro atoms. The molecule has 1 aliphatic rings. The zero-order valence-corrected chi connectivity index (χ0v) is 10.3. The first-order valence-electron chi connectivity index (χ1n) is 5.76. The molecule has 0 radical (unpaired) electrons. The number of hydrogen-bond acceptors (Lipinski definition) is 4. The van der Waals surface area contributed by atoms with Crippen molar-refractivity contribution in [3.8, 4) is 0 Å². The van der Waals surface area contributed by atoms with E-state index in [1.807, 2.05) is 0 Å². The van der Waals surface area contributed by atoms with Crippen LogP contribution in [0.3, 0.4) is 0 Å². The second-order valence-electron chi connectivity index (χ2n) is 4.47. The van der Waals surface area contributed by atoms with Crippen molar-refractivity contribution in [3.05, 3.63) is 33.9 Å². The minimum atomic E-state index is -0.432. The molecule has 1 aromatic rings. The van der Waals surface area contributed by atoms with Gasteiger partial charge in [-0.05, 0) is 18.9 Å². The minimum Gasteiger partial charge on any atom is -0.368 e. The number of anilines is 1. The topological polar surface area (TPSA) is 75.5 Å². The van der Waals surface area contributed by atoms with Gasteiger partial charge in [-0.1, -0.05) is 12.1 Å². The minimum absolute atomic E-state index is 0.0114. The number of nitrogens with one attached hydrogen (secondary N) is 1. The number of carbonyl (C=O) groups excluding carboxylic acids is 1. The van der Waals surface area contributed by atoms with Crippen LogP contribution < -0.4 is 5.32 Å². The fourth-order valence-electron chi connectivity index (χ4n) is 2.12. The fourth-order valence-corrected chi connectivity index (χ4v) is 2.12. The molecule has 1 aliphatic heterocycles. The summed E-state index contributed by atoms with van der Waals surface area (Å²) in [6.07, 6.45) is 0.667. The number of benzene rings is 1. The van der Waals surface area contributed by atoms with Crippen LogP contribution in [0, 0.1) is 17.0 Å². The number of nitro groups is 1. The van der Waals surface area contributed by atoms with Gasteiger partial charge in [0.2, 0.25) is 5.91 Å². The third-order valence-electron chi connectivity index (χ3n) is 3.19. The zero-order chi connectivity index (χ0) is 13.3. The molecular formula is C12H15N3O3. The van der Waals surface area contributed by atoms with Crippen molar-refractivity contribution in [2.75, 3.05) is 18.9 Å². The van der Waals surface area contributed by atoms with Crippen LogP contribution in [0.2, 0.25) is 0 Å². The quantitative estimate of drug-likeness (QED) is 0.651. The Morgan fingerprint density at radius 1 is 1.50 bits per heavy atom. The van der Waals surface area contributed by atoms with E-state index in [1.165, 1.54) is 6.07 Å². The molecular weight excluding hydrogens is 234 g/mol.